The summed E-state index contributed by atoms with van der Waals surface area (Å²) in [5, 5.41) is 0. The SMILES string of the molecule is CCCC.COP(C)O. The van der Waals surface area contributed by atoms with Crippen LogP contribution in [-0.4, -0.2) is 18.7 Å². The molecule has 3 heteroatoms. The summed E-state index contributed by atoms with van der Waals surface area (Å²) in [5.41, 5.74) is 0. The van der Waals surface area contributed by atoms with E-state index < -0.39 is 8.38 Å². The Hall–Kier alpha value is 0.350. The van der Waals surface area contributed by atoms with Gasteiger partial charge in [-0.25, -0.2) is 0 Å². The molecule has 0 amide bonds. The van der Waals surface area contributed by atoms with E-state index in [0.29, 0.717) is 0 Å². The zero-order chi connectivity index (χ0) is 7.70. The summed E-state index contributed by atoms with van der Waals surface area (Å²) in [4.78, 5) is 8.20. The van der Waals surface area contributed by atoms with Gasteiger partial charge in [-0.2, -0.15) is 0 Å². The van der Waals surface area contributed by atoms with Gasteiger partial charge in [0.25, 0.3) is 0 Å². The lowest BCUT2D eigenvalue weighted by molar-refractivity contribution is 0.396. The van der Waals surface area contributed by atoms with E-state index in [4.69, 9.17) is 4.89 Å². The van der Waals surface area contributed by atoms with E-state index in [1.807, 2.05) is 0 Å². The van der Waals surface area contributed by atoms with Gasteiger partial charge in [0.1, 0.15) is 0 Å². The maximum Gasteiger partial charge on any atom is 0.164 e. The highest BCUT2D eigenvalue weighted by atomic mass is 31.2. The molecule has 0 radical (unpaired) electrons. The molecule has 0 heterocycles. The number of unbranched alkanes of at least 4 members (excludes halogenated alkanes) is 1. The van der Waals surface area contributed by atoms with Crippen LogP contribution in [0.1, 0.15) is 26.7 Å². The number of rotatable bonds is 2. The minimum atomic E-state index is -1.10. The average Bonchev–Trinajstić information content (AvgIpc) is 1.89. The summed E-state index contributed by atoms with van der Waals surface area (Å²) in [5.74, 6) is 0. The van der Waals surface area contributed by atoms with Crippen LogP contribution in [0.5, 0.6) is 0 Å². The molecular weight excluding hydrogens is 135 g/mol. The highest BCUT2D eigenvalue weighted by Gasteiger charge is 1.81. The van der Waals surface area contributed by atoms with Gasteiger partial charge < -0.3 is 9.42 Å². The van der Waals surface area contributed by atoms with Crippen molar-refractivity contribution in [3.63, 3.8) is 0 Å². The van der Waals surface area contributed by atoms with Crippen LogP contribution in [-0.2, 0) is 4.52 Å². The molecule has 0 rings (SSSR count). The van der Waals surface area contributed by atoms with Gasteiger partial charge in [-0.1, -0.05) is 26.7 Å². The van der Waals surface area contributed by atoms with Gasteiger partial charge >= 0.3 is 0 Å². The fraction of sp³-hybridized carbons (Fsp3) is 1.00. The lowest BCUT2D eigenvalue weighted by Gasteiger charge is -1.92. The standard InChI is InChI=1S/C4H10.C2H7O2P/c1-3-4-2;1-4-5(2)3/h3-4H2,1-2H3;3H,1-2H3. The molecule has 0 saturated heterocycles. The Balaban J connectivity index is 0. The van der Waals surface area contributed by atoms with E-state index in [1.54, 1.807) is 6.66 Å². The van der Waals surface area contributed by atoms with E-state index in [0.717, 1.165) is 0 Å². The van der Waals surface area contributed by atoms with Crippen LogP contribution >= 0.6 is 8.38 Å². The minimum absolute atomic E-state index is 1.10. The Bertz CT molecular complexity index is 38.0. The van der Waals surface area contributed by atoms with Crippen molar-refractivity contribution in [1.29, 1.82) is 0 Å². The van der Waals surface area contributed by atoms with Gasteiger partial charge in [-0.15, -0.1) is 0 Å². The second-order valence-corrected chi connectivity index (χ2v) is 2.94. The molecule has 58 valence electrons. The summed E-state index contributed by atoms with van der Waals surface area (Å²) in [6.45, 7) is 5.98. The predicted octanol–water partition coefficient (Wildman–Crippen LogP) is 2.37. The molecule has 2 nitrogen and oxygen atoms in total. The van der Waals surface area contributed by atoms with Crippen molar-refractivity contribution < 1.29 is 9.42 Å². The normalized spacial score (nSPS) is 11.7. The molecule has 0 aromatic carbocycles. The van der Waals surface area contributed by atoms with Crippen LogP contribution in [0, 0.1) is 0 Å². The molecule has 1 N–H and O–H groups in total. The van der Waals surface area contributed by atoms with E-state index in [9.17, 15) is 0 Å². The zero-order valence-corrected chi connectivity index (χ0v) is 7.61. The first kappa shape index (κ1) is 12.1. The van der Waals surface area contributed by atoms with E-state index in [1.165, 1.54) is 20.0 Å². The van der Waals surface area contributed by atoms with E-state index in [2.05, 4.69) is 18.4 Å². The third-order valence-corrected chi connectivity index (χ3v) is 1.29. The van der Waals surface area contributed by atoms with Gasteiger partial charge in [0.15, 0.2) is 8.38 Å². The molecular formula is C6H17O2P. The fourth-order valence-corrected chi connectivity index (χ4v) is 0. The molecule has 0 spiro atoms. The average molecular weight is 152 g/mol. The smallest absolute Gasteiger partial charge is 0.164 e. The Morgan fingerprint density at radius 1 is 1.33 bits per heavy atom. The molecule has 1 atom stereocenters. The van der Waals surface area contributed by atoms with Crippen LogP contribution in [0.2, 0.25) is 0 Å². The molecule has 1 unspecified atom stereocenters. The number of hydrogen-bond donors (Lipinski definition) is 1. The largest absolute Gasteiger partial charge is 0.350 e. The third kappa shape index (κ3) is 30.0. The first-order valence-corrected chi connectivity index (χ1v) is 4.81. The van der Waals surface area contributed by atoms with Crippen LogP contribution in [0.4, 0.5) is 0 Å². The molecule has 0 aromatic heterocycles. The second-order valence-electron chi connectivity index (χ2n) is 1.65. The lowest BCUT2D eigenvalue weighted by atomic mass is 10.4. The zero-order valence-electron chi connectivity index (χ0n) is 6.72. The first-order valence-electron chi connectivity index (χ1n) is 3.15. The second kappa shape index (κ2) is 11.2. The van der Waals surface area contributed by atoms with E-state index >= 15 is 0 Å². The third-order valence-electron chi connectivity index (χ3n) is 0.764. The minimum Gasteiger partial charge on any atom is -0.350 e. The molecule has 0 aromatic rings. The Labute approximate surface area is 59.2 Å². The molecule has 0 aliphatic rings. The number of hydrogen-bond acceptors (Lipinski definition) is 2. The molecule has 0 saturated carbocycles. The van der Waals surface area contributed by atoms with Crippen molar-refractivity contribution in [3.8, 4) is 0 Å². The summed E-state index contributed by atoms with van der Waals surface area (Å²) in [6.07, 6.45) is 2.64. The summed E-state index contributed by atoms with van der Waals surface area (Å²) in [6, 6.07) is 0. The van der Waals surface area contributed by atoms with Crippen LogP contribution in [0.3, 0.4) is 0 Å². The molecule has 0 aliphatic carbocycles. The van der Waals surface area contributed by atoms with Crippen molar-refractivity contribution in [2.75, 3.05) is 13.8 Å². The molecule has 9 heavy (non-hydrogen) atoms. The van der Waals surface area contributed by atoms with Crippen LogP contribution in [0.15, 0.2) is 0 Å². The van der Waals surface area contributed by atoms with E-state index in [-0.39, 0.29) is 0 Å². The maximum absolute atomic E-state index is 8.20. The van der Waals surface area contributed by atoms with Crippen molar-refractivity contribution in [1.82, 2.24) is 0 Å². The lowest BCUT2D eigenvalue weighted by Crippen LogP contribution is -1.66. The Morgan fingerprint density at radius 2 is 1.56 bits per heavy atom. The van der Waals surface area contributed by atoms with Crippen LogP contribution < -0.4 is 0 Å². The van der Waals surface area contributed by atoms with Gasteiger partial charge in [0.05, 0.1) is 0 Å². The topological polar surface area (TPSA) is 29.5 Å². The van der Waals surface area contributed by atoms with Crippen molar-refractivity contribution in [2.24, 2.45) is 0 Å². The van der Waals surface area contributed by atoms with Crippen molar-refractivity contribution in [3.05, 3.63) is 0 Å². The predicted molar refractivity (Wildman–Crippen MR) is 42.7 cm³/mol. The summed E-state index contributed by atoms with van der Waals surface area (Å²) < 4.78 is 4.37. The highest BCUT2D eigenvalue weighted by molar-refractivity contribution is 7.45. The Morgan fingerprint density at radius 3 is 1.56 bits per heavy atom. The monoisotopic (exact) mass is 152 g/mol. The first-order chi connectivity index (χ1) is 4.18. The quantitative estimate of drug-likeness (QED) is 0.615. The van der Waals surface area contributed by atoms with Crippen LogP contribution in [0.25, 0.3) is 0 Å². The van der Waals surface area contributed by atoms with Gasteiger partial charge in [-0.05, 0) is 0 Å². The van der Waals surface area contributed by atoms with Gasteiger partial charge in [-0.3, -0.25) is 0 Å². The van der Waals surface area contributed by atoms with Crippen molar-refractivity contribution >= 4 is 8.38 Å². The highest BCUT2D eigenvalue weighted by Crippen LogP contribution is 2.21. The summed E-state index contributed by atoms with van der Waals surface area (Å²) >= 11 is 0. The summed E-state index contributed by atoms with van der Waals surface area (Å²) in [7, 11) is 0.380. The van der Waals surface area contributed by atoms with Crippen molar-refractivity contribution in [2.45, 2.75) is 26.7 Å². The molecule has 0 bridgehead atoms. The molecule has 0 fully saturated rings. The van der Waals surface area contributed by atoms with Gasteiger partial charge in [0.2, 0.25) is 0 Å². The maximum atomic E-state index is 8.20. The van der Waals surface area contributed by atoms with Gasteiger partial charge in [0, 0.05) is 13.8 Å². The molecule has 0 aliphatic heterocycles. The Kier molecular flexibility index (Phi) is 15.0. The fourth-order valence-electron chi connectivity index (χ4n) is 0.